The molecule has 0 fully saturated rings. The Morgan fingerprint density at radius 1 is 1.39 bits per heavy atom. The molecule has 23 heavy (non-hydrogen) atoms. The summed E-state index contributed by atoms with van der Waals surface area (Å²) in [6.07, 6.45) is 0.210. The maximum absolute atomic E-state index is 12.1. The van der Waals surface area contributed by atoms with Crippen LogP contribution < -0.4 is 5.32 Å². The zero-order valence-electron chi connectivity index (χ0n) is 14.1. The molecule has 0 aliphatic carbocycles. The molecule has 0 atom stereocenters. The summed E-state index contributed by atoms with van der Waals surface area (Å²) in [4.78, 5) is 25.8. The Morgan fingerprint density at radius 3 is 2.78 bits per heavy atom. The molecule has 0 saturated heterocycles. The molecule has 0 radical (unpaired) electrons. The SMILES string of the molecule is COCCNC(=O)c1n[nH]c2c1CCN(C(=O)OC(C)(C)C)C2. The second kappa shape index (κ2) is 6.99. The first-order valence-electron chi connectivity index (χ1n) is 7.63. The maximum Gasteiger partial charge on any atom is 0.410 e. The number of carbonyl (C=O) groups is 2. The fourth-order valence-corrected chi connectivity index (χ4v) is 2.34. The molecule has 0 bridgehead atoms. The Hall–Kier alpha value is -2.09. The van der Waals surface area contributed by atoms with E-state index in [0.29, 0.717) is 38.4 Å². The topological polar surface area (TPSA) is 96.5 Å². The van der Waals surface area contributed by atoms with E-state index in [1.165, 1.54) is 0 Å². The van der Waals surface area contributed by atoms with Crippen LogP contribution >= 0.6 is 0 Å². The van der Waals surface area contributed by atoms with E-state index in [-0.39, 0.29) is 12.0 Å². The number of hydrogen-bond donors (Lipinski definition) is 2. The first-order chi connectivity index (χ1) is 10.8. The Labute approximate surface area is 135 Å². The molecule has 2 N–H and O–H groups in total. The van der Waals surface area contributed by atoms with Crippen LogP contribution in [0.1, 0.15) is 42.5 Å². The molecule has 1 aliphatic rings. The van der Waals surface area contributed by atoms with Gasteiger partial charge in [0.2, 0.25) is 0 Å². The molecule has 128 valence electrons. The average Bonchev–Trinajstić information content (AvgIpc) is 2.88. The number of ether oxygens (including phenoxy) is 2. The lowest BCUT2D eigenvalue weighted by molar-refractivity contribution is 0.0221. The highest BCUT2D eigenvalue weighted by Gasteiger charge is 2.29. The van der Waals surface area contributed by atoms with Crippen molar-refractivity contribution in [3.05, 3.63) is 17.0 Å². The van der Waals surface area contributed by atoms with E-state index in [0.717, 1.165) is 11.3 Å². The van der Waals surface area contributed by atoms with Gasteiger partial charge in [0.25, 0.3) is 5.91 Å². The molecule has 1 aromatic heterocycles. The molecule has 8 nitrogen and oxygen atoms in total. The van der Waals surface area contributed by atoms with Gasteiger partial charge in [-0.25, -0.2) is 4.79 Å². The largest absolute Gasteiger partial charge is 0.444 e. The molecule has 0 aromatic carbocycles. The van der Waals surface area contributed by atoms with Crippen LogP contribution in [0.15, 0.2) is 0 Å². The maximum atomic E-state index is 12.1. The highest BCUT2D eigenvalue weighted by Crippen LogP contribution is 2.22. The number of H-pyrrole nitrogens is 1. The van der Waals surface area contributed by atoms with E-state index in [1.807, 2.05) is 20.8 Å². The lowest BCUT2D eigenvalue weighted by Crippen LogP contribution is -2.40. The number of nitrogens with zero attached hydrogens (tertiary/aromatic N) is 2. The lowest BCUT2D eigenvalue weighted by atomic mass is 10.0. The Kier molecular flexibility index (Phi) is 5.25. The van der Waals surface area contributed by atoms with Gasteiger partial charge in [0.05, 0.1) is 18.8 Å². The fourth-order valence-electron chi connectivity index (χ4n) is 2.34. The van der Waals surface area contributed by atoms with Gasteiger partial charge in [0.1, 0.15) is 5.60 Å². The number of nitrogens with one attached hydrogen (secondary N) is 2. The van der Waals surface area contributed by atoms with Crippen LogP contribution in [0.4, 0.5) is 4.79 Å². The van der Waals surface area contributed by atoms with Gasteiger partial charge in [-0.3, -0.25) is 9.89 Å². The van der Waals surface area contributed by atoms with E-state index in [1.54, 1.807) is 12.0 Å². The molecule has 2 rings (SSSR count). The molecule has 1 aromatic rings. The number of aromatic nitrogens is 2. The summed E-state index contributed by atoms with van der Waals surface area (Å²) < 4.78 is 10.3. The van der Waals surface area contributed by atoms with Crippen molar-refractivity contribution in [2.24, 2.45) is 0 Å². The summed E-state index contributed by atoms with van der Waals surface area (Å²) >= 11 is 0. The smallest absolute Gasteiger partial charge is 0.410 e. The van der Waals surface area contributed by atoms with E-state index in [2.05, 4.69) is 15.5 Å². The van der Waals surface area contributed by atoms with E-state index < -0.39 is 5.60 Å². The highest BCUT2D eigenvalue weighted by molar-refractivity contribution is 5.94. The molecule has 1 aliphatic heterocycles. The summed E-state index contributed by atoms with van der Waals surface area (Å²) in [6.45, 7) is 7.24. The van der Waals surface area contributed by atoms with Crippen molar-refractivity contribution in [3.8, 4) is 0 Å². The van der Waals surface area contributed by atoms with Crippen LogP contribution in [0, 0.1) is 0 Å². The Morgan fingerprint density at radius 2 is 2.13 bits per heavy atom. The minimum absolute atomic E-state index is 0.231. The van der Waals surface area contributed by atoms with Gasteiger partial charge in [-0.1, -0.05) is 0 Å². The van der Waals surface area contributed by atoms with Gasteiger partial charge >= 0.3 is 6.09 Å². The minimum atomic E-state index is -0.530. The van der Waals surface area contributed by atoms with Crippen molar-refractivity contribution in [1.82, 2.24) is 20.4 Å². The van der Waals surface area contributed by atoms with Crippen molar-refractivity contribution < 1.29 is 19.1 Å². The quantitative estimate of drug-likeness (QED) is 0.808. The molecular weight excluding hydrogens is 300 g/mol. The number of carbonyl (C=O) groups excluding carboxylic acids is 2. The minimum Gasteiger partial charge on any atom is -0.444 e. The molecule has 2 amide bonds. The van der Waals surface area contributed by atoms with Crippen molar-refractivity contribution in [3.63, 3.8) is 0 Å². The van der Waals surface area contributed by atoms with Gasteiger partial charge < -0.3 is 19.7 Å². The normalized spacial score (nSPS) is 14.3. The van der Waals surface area contributed by atoms with Crippen LogP contribution in [0.2, 0.25) is 0 Å². The zero-order valence-corrected chi connectivity index (χ0v) is 14.1. The number of fused-ring (bicyclic) bond motifs is 1. The van der Waals surface area contributed by atoms with E-state index >= 15 is 0 Å². The van der Waals surface area contributed by atoms with Crippen LogP contribution in [0.3, 0.4) is 0 Å². The zero-order chi connectivity index (χ0) is 17.0. The Bertz CT molecular complexity index is 577. The summed E-state index contributed by atoms with van der Waals surface area (Å²) in [5, 5.41) is 9.69. The summed E-state index contributed by atoms with van der Waals surface area (Å²) in [7, 11) is 1.58. The van der Waals surface area contributed by atoms with Crippen LogP contribution in [-0.4, -0.2) is 59.5 Å². The third kappa shape index (κ3) is 4.44. The van der Waals surface area contributed by atoms with Crippen molar-refractivity contribution in [2.45, 2.75) is 39.3 Å². The first-order valence-corrected chi connectivity index (χ1v) is 7.63. The number of methoxy groups -OCH3 is 1. The summed E-state index contributed by atoms with van der Waals surface area (Å²) in [5.74, 6) is -0.231. The van der Waals surface area contributed by atoms with Gasteiger partial charge in [-0.15, -0.1) is 0 Å². The van der Waals surface area contributed by atoms with Gasteiger partial charge in [0.15, 0.2) is 5.69 Å². The molecule has 0 unspecified atom stereocenters. The van der Waals surface area contributed by atoms with E-state index in [4.69, 9.17) is 9.47 Å². The lowest BCUT2D eigenvalue weighted by Gasteiger charge is -2.29. The standard InChI is InChI=1S/C15H24N4O4/c1-15(2,3)23-14(21)19-7-5-10-11(9-19)17-18-12(10)13(20)16-6-8-22-4/h5-9H2,1-4H3,(H,16,20)(H,17,18). The molecule has 8 heteroatoms. The number of hydrogen-bond acceptors (Lipinski definition) is 5. The highest BCUT2D eigenvalue weighted by atomic mass is 16.6. The molecule has 0 saturated carbocycles. The average molecular weight is 324 g/mol. The Balaban J connectivity index is 2.01. The molecular formula is C15H24N4O4. The van der Waals surface area contributed by atoms with Crippen LogP contribution in [0.5, 0.6) is 0 Å². The third-order valence-corrected chi connectivity index (χ3v) is 3.39. The van der Waals surface area contributed by atoms with Crippen molar-refractivity contribution in [2.75, 3.05) is 26.8 Å². The molecule has 0 spiro atoms. The predicted molar refractivity (Wildman–Crippen MR) is 83.1 cm³/mol. The number of rotatable bonds is 4. The second-order valence-electron chi connectivity index (χ2n) is 6.43. The molecule has 2 heterocycles. The van der Waals surface area contributed by atoms with Crippen LogP contribution in [0.25, 0.3) is 0 Å². The number of aromatic amines is 1. The van der Waals surface area contributed by atoms with E-state index in [9.17, 15) is 9.59 Å². The van der Waals surface area contributed by atoms with Crippen LogP contribution in [-0.2, 0) is 22.4 Å². The van der Waals surface area contributed by atoms with Gasteiger partial charge in [-0.05, 0) is 27.2 Å². The van der Waals surface area contributed by atoms with Gasteiger partial charge in [0, 0.05) is 25.8 Å². The fraction of sp³-hybridized carbons (Fsp3) is 0.667. The monoisotopic (exact) mass is 324 g/mol. The first kappa shape index (κ1) is 17.3. The summed E-state index contributed by atoms with van der Waals surface area (Å²) in [5.41, 5.74) is 1.50. The van der Waals surface area contributed by atoms with Crippen molar-refractivity contribution >= 4 is 12.0 Å². The second-order valence-corrected chi connectivity index (χ2v) is 6.43. The van der Waals surface area contributed by atoms with Gasteiger partial charge in [-0.2, -0.15) is 5.10 Å². The number of amides is 2. The third-order valence-electron chi connectivity index (χ3n) is 3.39. The predicted octanol–water partition coefficient (Wildman–Crippen LogP) is 1.08. The van der Waals surface area contributed by atoms with Crippen molar-refractivity contribution in [1.29, 1.82) is 0 Å². The summed E-state index contributed by atoms with van der Waals surface area (Å²) in [6, 6.07) is 0.